The van der Waals surface area contributed by atoms with E-state index in [0.29, 0.717) is 11.8 Å². The van der Waals surface area contributed by atoms with Crippen LogP contribution in [0, 0.1) is 18.4 Å². The summed E-state index contributed by atoms with van der Waals surface area (Å²) in [6.45, 7) is 11.2. The Morgan fingerprint density at radius 1 is 0.773 bits per heavy atom. The third-order valence-electron chi connectivity index (χ3n) is 7.67. The fourth-order valence-corrected chi connectivity index (χ4v) is 6.45. The minimum absolute atomic E-state index is 0. The zero-order valence-electron chi connectivity index (χ0n) is 25.6. The first-order chi connectivity index (χ1) is 20.9. The van der Waals surface area contributed by atoms with Crippen molar-refractivity contribution in [2.45, 2.75) is 46.5 Å². The summed E-state index contributed by atoms with van der Waals surface area (Å²) >= 11 is 1.68. The Labute approximate surface area is 278 Å². The number of aryl methyl sites for hydroxylation is 1. The van der Waals surface area contributed by atoms with Crippen molar-refractivity contribution in [2.75, 3.05) is 0 Å². The van der Waals surface area contributed by atoms with Gasteiger partial charge in [-0.05, 0) is 53.8 Å². The quantitative estimate of drug-likeness (QED) is 0.163. The van der Waals surface area contributed by atoms with E-state index in [-0.39, 0.29) is 20.1 Å². The topological polar surface area (TPSA) is 30.7 Å². The maximum absolute atomic E-state index is 5.14. The van der Waals surface area contributed by atoms with E-state index in [2.05, 4.69) is 116 Å². The second-order valence-electron chi connectivity index (χ2n) is 11.4. The van der Waals surface area contributed by atoms with Crippen LogP contribution in [0.4, 0.5) is 0 Å². The Kier molecular flexibility index (Phi) is 9.90. The van der Waals surface area contributed by atoms with Gasteiger partial charge in [-0.1, -0.05) is 103 Å². The van der Waals surface area contributed by atoms with Crippen LogP contribution in [-0.4, -0.2) is 14.5 Å². The molecule has 4 aromatic carbocycles. The predicted octanol–water partition coefficient (Wildman–Crippen LogP) is 10.8. The molecule has 0 amide bonds. The van der Waals surface area contributed by atoms with E-state index in [9.17, 15) is 0 Å². The molecule has 7 rings (SSSR count). The second-order valence-corrected chi connectivity index (χ2v) is 12.3. The molecule has 0 aliphatic rings. The van der Waals surface area contributed by atoms with E-state index in [1.807, 2.05) is 42.5 Å². The Bertz CT molecular complexity index is 1930. The fraction of sp³-hybridized carbons (Fsp3) is 0.179. The van der Waals surface area contributed by atoms with Crippen LogP contribution in [0.25, 0.3) is 49.5 Å². The van der Waals surface area contributed by atoms with Crippen LogP contribution in [0.1, 0.15) is 56.2 Å². The van der Waals surface area contributed by atoms with Crippen molar-refractivity contribution >= 4 is 32.5 Å². The molecule has 3 aromatic heterocycles. The van der Waals surface area contributed by atoms with Gasteiger partial charge in [0.2, 0.25) is 0 Å². The molecule has 0 aliphatic heterocycles. The van der Waals surface area contributed by atoms with Crippen LogP contribution < -0.4 is 0 Å². The van der Waals surface area contributed by atoms with Crippen LogP contribution in [0.15, 0.2) is 109 Å². The molecular weight excluding hydrogens is 735 g/mol. The van der Waals surface area contributed by atoms with Crippen molar-refractivity contribution in [3.8, 4) is 28.3 Å². The zero-order chi connectivity index (χ0) is 29.9. The van der Waals surface area contributed by atoms with Gasteiger partial charge in [0.15, 0.2) is 0 Å². The number of para-hydroxylation sites is 3. The Balaban J connectivity index is 0.000000248. The molecule has 0 spiro atoms. The zero-order valence-corrected chi connectivity index (χ0v) is 28.8. The molecule has 0 aliphatic carbocycles. The van der Waals surface area contributed by atoms with E-state index in [1.165, 1.54) is 32.5 Å². The average Bonchev–Trinajstić information content (AvgIpc) is 3.62. The maximum atomic E-state index is 5.14. The van der Waals surface area contributed by atoms with Gasteiger partial charge in [0, 0.05) is 32.0 Å². The van der Waals surface area contributed by atoms with Crippen LogP contribution >= 0.6 is 11.3 Å². The molecule has 0 saturated heterocycles. The number of fused-ring (bicyclic) bond motifs is 2. The fourth-order valence-electron chi connectivity index (χ4n) is 5.51. The first-order valence-corrected chi connectivity index (χ1v) is 15.6. The summed E-state index contributed by atoms with van der Waals surface area (Å²) in [5, 5.41) is 4.81. The van der Waals surface area contributed by atoms with Crippen LogP contribution in [0.2, 0.25) is 0 Å². The molecule has 0 saturated carbocycles. The number of pyridine rings is 1. The smallest absolute Gasteiger partial charge is 0.0774 e. The molecule has 0 fully saturated rings. The van der Waals surface area contributed by atoms with Crippen LogP contribution in [-0.2, 0) is 20.1 Å². The van der Waals surface area contributed by atoms with Gasteiger partial charge in [-0.2, -0.15) is 0 Å². The minimum atomic E-state index is 0. The molecule has 0 atom stereocenters. The van der Waals surface area contributed by atoms with Crippen molar-refractivity contribution in [2.24, 2.45) is 0 Å². The van der Waals surface area contributed by atoms with Gasteiger partial charge in [-0.25, -0.2) is 0 Å². The molecule has 0 unspecified atom stereocenters. The Hall–Kier alpha value is -3.89. The third kappa shape index (κ3) is 6.32. The molecule has 7 aromatic rings. The van der Waals surface area contributed by atoms with Crippen molar-refractivity contribution in [1.82, 2.24) is 14.5 Å². The SMILES string of the molecule is Cc1ccc2c(-c3nc4ccccc4n3-c3c(C(C)C)cccc3C(C)C)[c-]sc2c1.[Ir].[c-]1ccccc1-c1ccccn1. The third-order valence-corrected chi connectivity index (χ3v) is 8.53. The number of hydrogen-bond donors (Lipinski definition) is 0. The van der Waals surface area contributed by atoms with Gasteiger partial charge in [-0.3, -0.25) is 16.3 Å². The van der Waals surface area contributed by atoms with E-state index in [4.69, 9.17) is 4.98 Å². The van der Waals surface area contributed by atoms with Gasteiger partial charge < -0.3 is 9.55 Å². The summed E-state index contributed by atoms with van der Waals surface area (Å²) in [4.78, 5) is 9.36. The van der Waals surface area contributed by atoms with Crippen molar-refractivity contribution in [1.29, 1.82) is 0 Å². The summed E-state index contributed by atoms with van der Waals surface area (Å²) < 4.78 is 3.65. The molecule has 3 nitrogen and oxygen atoms in total. The largest absolute Gasteiger partial charge is 0.333 e. The average molecular weight is 770 g/mol. The summed E-state index contributed by atoms with van der Waals surface area (Å²) in [5.41, 5.74) is 10.5. The first-order valence-electron chi connectivity index (χ1n) is 14.8. The van der Waals surface area contributed by atoms with E-state index >= 15 is 0 Å². The van der Waals surface area contributed by atoms with Gasteiger partial charge in [0.05, 0.1) is 16.9 Å². The van der Waals surface area contributed by atoms with E-state index < -0.39 is 0 Å². The molecule has 5 heteroatoms. The minimum Gasteiger partial charge on any atom is -0.333 e. The summed E-state index contributed by atoms with van der Waals surface area (Å²) in [6, 6.07) is 38.7. The standard InChI is InChI=1S/C28H27N2S.C11H8N.Ir/c1-17(2)20-9-8-10-21(18(3)4)27(20)30-25-12-7-6-11-24(25)29-28(30)23-16-31-26-15-19(5)13-14-22(23)26;1-2-6-10(7-3-1)11-8-4-5-9-12-11;/h6-15,17-18H,1-5H3;1-6,8-9H;/q2*-1;. The molecule has 1 radical (unpaired) electrons. The van der Waals surface area contributed by atoms with Crippen LogP contribution in [0.3, 0.4) is 0 Å². The Morgan fingerprint density at radius 2 is 1.50 bits per heavy atom. The molecule has 223 valence electrons. The molecule has 3 heterocycles. The van der Waals surface area contributed by atoms with Crippen molar-refractivity contribution < 1.29 is 20.1 Å². The number of nitrogens with zero attached hydrogens (tertiary/aromatic N) is 3. The number of imidazole rings is 1. The molecule has 0 bridgehead atoms. The van der Waals surface area contributed by atoms with E-state index in [0.717, 1.165) is 33.7 Å². The number of rotatable bonds is 5. The van der Waals surface area contributed by atoms with Crippen molar-refractivity contribution in [3.05, 3.63) is 137 Å². The van der Waals surface area contributed by atoms with Gasteiger partial charge >= 0.3 is 0 Å². The van der Waals surface area contributed by atoms with Gasteiger partial charge in [0.1, 0.15) is 0 Å². The predicted molar refractivity (Wildman–Crippen MR) is 182 cm³/mol. The monoisotopic (exact) mass is 770 g/mol. The molecule has 44 heavy (non-hydrogen) atoms. The van der Waals surface area contributed by atoms with Crippen molar-refractivity contribution in [3.63, 3.8) is 0 Å². The maximum Gasteiger partial charge on any atom is 0.0774 e. The molecular formula is C39H35IrN3S-2. The van der Waals surface area contributed by atoms with Crippen LogP contribution in [0.5, 0.6) is 0 Å². The number of hydrogen-bond acceptors (Lipinski definition) is 3. The summed E-state index contributed by atoms with van der Waals surface area (Å²) in [7, 11) is 0. The van der Waals surface area contributed by atoms with E-state index in [1.54, 1.807) is 17.5 Å². The van der Waals surface area contributed by atoms with Gasteiger partial charge in [0.25, 0.3) is 0 Å². The number of thiophene rings is 1. The summed E-state index contributed by atoms with van der Waals surface area (Å²) in [6.07, 6.45) is 1.79. The molecule has 0 N–H and O–H groups in total. The number of benzene rings is 4. The van der Waals surface area contributed by atoms with Gasteiger partial charge in [-0.15, -0.1) is 47.3 Å². The normalized spacial score (nSPS) is 11.1. The first kappa shape index (κ1) is 31.5. The Morgan fingerprint density at radius 3 is 2.18 bits per heavy atom. The summed E-state index contributed by atoms with van der Waals surface area (Å²) in [5.74, 6) is 1.80. The second kappa shape index (κ2) is 13.8. The number of aromatic nitrogens is 3.